The van der Waals surface area contributed by atoms with E-state index in [0.29, 0.717) is 36.0 Å². The molecule has 29 heavy (non-hydrogen) atoms. The van der Waals surface area contributed by atoms with E-state index in [1.807, 2.05) is 6.92 Å². The third-order valence-corrected chi connectivity index (χ3v) is 6.41. The average Bonchev–Trinajstić information content (AvgIpc) is 2.74. The summed E-state index contributed by atoms with van der Waals surface area (Å²) in [4.78, 5) is 14.8. The second-order valence-electron chi connectivity index (χ2n) is 6.89. The van der Waals surface area contributed by atoms with E-state index < -0.39 is 10.0 Å². The van der Waals surface area contributed by atoms with Gasteiger partial charge in [-0.15, -0.1) is 0 Å². The molecule has 0 bridgehead atoms. The SMILES string of the molecule is CCC(CC)CN(CC)C(=O)c1cccc(S(=O)(=O)Nc2ccc(OC)cc2)c1. The van der Waals surface area contributed by atoms with Gasteiger partial charge in [-0.05, 0) is 55.3 Å². The minimum atomic E-state index is -3.82. The lowest BCUT2D eigenvalue weighted by atomic mass is 10.0. The second-order valence-corrected chi connectivity index (χ2v) is 8.57. The Morgan fingerprint density at radius 1 is 1.07 bits per heavy atom. The summed E-state index contributed by atoms with van der Waals surface area (Å²) in [5.41, 5.74) is 0.793. The van der Waals surface area contributed by atoms with E-state index in [-0.39, 0.29) is 10.8 Å². The van der Waals surface area contributed by atoms with Crippen molar-refractivity contribution >= 4 is 21.6 Å². The first-order valence-electron chi connectivity index (χ1n) is 9.90. The van der Waals surface area contributed by atoms with E-state index in [9.17, 15) is 13.2 Å². The lowest BCUT2D eigenvalue weighted by Crippen LogP contribution is -2.35. The van der Waals surface area contributed by atoms with E-state index in [1.54, 1.807) is 48.4 Å². The van der Waals surface area contributed by atoms with Crippen LogP contribution < -0.4 is 9.46 Å². The lowest BCUT2D eigenvalue weighted by Gasteiger charge is -2.25. The van der Waals surface area contributed by atoms with Crippen molar-refractivity contribution in [2.45, 2.75) is 38.5 Å². The number of methoxy groups -OCH3 is 1. The molecule has 0 atom stereocenters. The molecular formula is C22H30N2O4S. The number of hydrogen-bond acceptors (Lipinski definition) is 4. The standard InChI is InChI=1S/C22H30N2O4S/c1-5-17(6-2)16-24(7-3)22(25)18-9-8-10-21(15-18)29(26,27)23-19-11-13-20(28-4)14-12-19/h8-15,17,23H,5-7,16H2,1-4H3. The van der Waals surface area contributed by atoms with Crippen molar-refractivity contribution in [2.24, 2.45) is 5.92 Å². The predicted octanol–water partition coefficient (Wildman–Crippen LogP) is 4.39. The van der Waals surface area contributed by atoms with Crippen LogP contribution in [0.25, 0.3) is 0 Å². The van der Waals surface area contributed by atoms with Crippen molar-refractivity contribution in [1.82, 2.24) is 4.90 Å². The van der Waals surface area contributed by atoms with Gasteiger partial charge in [-0.1, -0.05) is 32.8 Å². The number of rotatable bonds is 10. The minimum absolute atomic E-state index is 0.0535. The van der Waals surface area contributed by atoms with Crippen LogP contribution in [0.4, 0.5) is 5.69 Å². The van der Waals surface area contributed by atoms with E-state index in [2.05, 4.69) is 18.6 Å². The summed E-state index contributed by atoms with van der Waals surface area (Å²) >= 11 is 0. The van der Waals surface area contributed by atoms with Crippen LogP contribution in [0.3, 0.4) is 0 Å². The zero-order chi connectivity index (χ0) is 21.4. The van der Waals surface area contributed by atoms with Crippen molar-refractivity contribution in [3.05, 3.63) is 54.1 Å². The smallest absolute Gasteiger partial charge is 0.261 e. The van der Waals surface area contributed by atoms with Crippen molar-refractivity contribution in [2.75, 3.05) is 24.9 Å². The molecule has 6 nitrogen and oxygen atoms in total. The number of nitrogens with zero attached hydrogens (tertiary/aromatic N) is 1. The molecule has 0 spiro atoms. The Balaban J connectivity index is 2.22. The van der Waals surface area contributed by atoms with E-state index in [4.69, 9.17) is 4.74 Å². The van der Waals surface area contributed by atoms with Gasteiger partial charge in [-0.25, -0.2) is 8.42 Å². The molecule has 2 aromatic rings. The average molecular weight is 419 g/mol. The van der Waals surface area contributed by atoms with Crippen LogP contribution in [0.2, 0.25) is 0 Å². The fraction of sp³-hybridized carbons (Fsp3) is 0.409. The molecule has 2 aromatic carbocycles. The summed E-state index contributed by atoms with van der Waals surface area (Å²) in [6, 6.07) is 12.8. The molecule has 0 heterocycles. The highest BCUT2D eigenvalue weighted by molar-refractivity contribution is 7.92. The van der Waals surface area contributed by atoms with E-state index in [0.717, 1.165) is 12.8 Å². The molecule has 1 N–H and O–H groups in total. The number of ether oxygens (including phenoxy) is 1. The normalized spacial score (nSPS) is 11.3. The topological polar surface area (TPSA) is 75.7 Å². The molecular weight excluding hydrogens is 388 g/mol. The number of carbonyl (C=O) groups excluding carboxylic acids is 1. The highest BCUT2D eigenvalue weighted by Crippen LogP contribution is 2.21. The number of nitrogens with one attached hydrogen (secondary N) is 1. The molecule has 0 radical (unpaired) electrons. The first-order chi connectivity index (χ1) is 13.8. The monoisotopic (exact) mass is 418 g/mol. The number of anilines is 1. The maximum Gasteiger partial charge on any atom is 0.261 e. The molecule has 2 rings (SSSR count). The summed E-state index contributed by atoms with van der Waals surface area (Å²) in [6.07, 6.45) is 2.00. The number of amides is 1. The summed E-state index contributed by atoms with van der Waals surface area (Å²) in [7, 11) is -2.27. The zero-order valence-corrected chi connectivity index (χ0v) is 18.3. The quantitative estimate of drug-likeness (QED) is 0.621. The van der Waals surface area contributed by atoms with Gasteiger partial charge < -0.3 is 9.64 Å². The molecule has 0 aliphatic heterocycles. The maximum absolute atomic E-state index is 12.9. The van der Waals surface area contributed by atoms with Crippen molar-refractivity contribution in [3.63, 3.8) is 0 Å². The van der Waals surface area contributed by atoms with Crippen molar-refractivity contribution in [3.8, 4) is 5.75 Å². The molecule has 0 unspecified atom stereocenters. The molecule has 0 aromatic heterocycles. The number of benzene rings is 2. The molecule has 0 saturated heterocycles. The Labute approximate surface area is 173 Å². The molecule has 0 aliphatic carbocycles. The lowest BCUT2D eigenvalue weighted by molar-refractivity contribution is 0.0734. The molecule has 0 aliphatic rings. The molecule has 1 amide bonds. The van der Waals surface area contributed by atoms with Crippen LogP contribution in [0, 0.1) is 5.92 Å². The van der Waals surface area contributed by atoms with Gasteiger partial charge in [0.05, 0.1) is 12.0 Å². The second kappa shape index (κ2) is 10.3. The van der Waals surface area contributed by atoms with Crippen molar-refractivity contribution < 1.29 is 17.9 Å². The zero-order valence-electron chi connectivity index (χ0n) is 17.5. The van der Waals surface area contributed by atoms with Crippen molar-refractivity contribution in [1.29, 1.82) is 0 Å². The third-order valence-electron chi connectivity index (χ3n) is 5.04. The van der Waals surface area contributed by atoms with Crippen LogP contribution in [-0.2, 0) is 10.0 Å². The van der Waals surface area contributed by atoms with E-state index in [1.165, 1.54) is 12.1 Å². The van der Waals surface area contributed by atoms with Crippen LogP contribution in [-0.4, -0.2) is 39.4 Å². The van der Waals surface area contributed by atoms with Crippen LogP contribution in [0.1, 0.15) is 44.0 Å². The molecule has 0 fully saturated rings. The molecule has 0 saturated carbocycles. The first kappa shape index (κ1) is 22.7. The summed E-state index contributed by atoms with van der Waals surface area (Å²) in [5, 5.41) is 0. The predicted molar refractivity (Wildman–Crippen MR) is 116 cm³/mol. The maximum atomic E-state index is 12.9. The third kappa shape index (κ3) is 5.97. The van der Waals surface area contributed by atoms with Gasteiger partial charge in [0.2, 0.25) is 0 Å². The fourth-order valence-electron chi connectivity index (χ4n) is 3.07. The van der Waals surface area contributed by atoms with Gasteiger partial charge in [0, 0.05) is 24.3 Å². The Morgan fingerprint density at radius 2 is 1.72 bits per heavy atom. The number of carbonyl (C=O) groups is 1. The Kier molecular flexibility index (Phi) is 8.08. The fourth-order valence-corrected chi connectivity index (χ4v) is 4.17. The minimum Gasteiger partial charge on any atom is -0.497 e. The first-order valence-corrected chi connectivity index (χ1v) is 11.4. The molecule has 158 valence electrons. The van der Waals surface area contributed by atoms with Gasteiger partial charge in [0.25, 0.3) is 15.9 Å². The summed E-state index contributed by atoms with van der Waals surface area (Å²) < 4.78 is 33.2. The summed E-state index contributed by atoms with van der Waals surface area (Å²) in [6.45, 7) is 7.42. The van der Waals surface area contributed by atoms with Gasteiger partial charge in [0.15, 0.2) is 0 Å². The highest BCUT2D eigenvalue weighted by Gasteiger charge is 2.20. The Bertz CT molecular complexity index is 907. The summed E-state index contributed by atoms with van der Waals surface area (Å²) in [5.74, 6) is 0.918. The van der Waals surface area contributed by atoms with Gasteiger partial charge in [0.1, 0.15) is 5.75 Å². The van der Waals surface area contributed by atoms with Crippen LogP contribution in [0.15, 0.2) is 53.4 Å². The van der Waals surface area contributed by atoms with Crippen LogP contribution >= 0.6 is 0 Å². The Morgan fingerprint density at radius 3 is 2.28 bits per heavy atom. The number of hydrogen-bond donors (Lipinski definition) is 1. The van der Waals surface area contributed by atoms with Gasteiger partial charge in [-0.2, -0.15) is 0 Å². The molecule has 7 heteroatoms. The van der Waals surface area contributed by atoms with Crippen LogP contribution in [0.5, 0.6) is 5.75 Å². The van der Waals surface area contributed by atoms with E-state index >= 15 is 0 Å². The van der Waals surface area contributed by atoms with Gasteiger partial charge >= 0.3 is 0 Å². The number of sulfonamides is 1. The van der Waals surface area contributed by atoms with Gasteiger partial charge in [-0.3, -0.25) is 9.52 Å². The Hall–Kier alpha value is -2.54. The largest absolute Gasteiger partial charge is 0.497 e. The highest BCUT2D eigenvalue weighted by atomic mass is 32.2.